The second-order valence-electron chi connectivity index (χ2n) is 7.22. The lowest BCUT2D eigenvalue weighted by atomic mass is 10.2. The summed E-state index contributed by atoms with van der Waals surface area (Å²) in [5, 5.41) is 0. The molecule has 0 saturated carbocycles. The summed E-state index contributed by atoms with van der Waals surface area (Å²) in [4.78, 5) is 12.9. The Morgan fingerprint density at radius 3 is 1.91 bits per heavy atom. The predicted octanol–water partition coefficient (Wildman–Crippen LogP) is 4.98. The first-order valence-electron chi connectivity index (χ1n) is 7.31. The number of hydrogen-bond acceptors (Lipinski definition) is 2. The van der Waals surface area contributed by atoms with E-state index >= 15 is 0 Å². The van der Waals surface area contributed by atoms with Gasteiger partial charge < -0.3 is 4.74 Å². The molecule has 0 atom stereocenters. The van der Waals surface area contributed by atoms with Crippen LogP contribution in [0.5, 0.6) is 0 Å². The standard InChI is InChI=1S/C17H24F3O2S/c1-15(2,3)23(16(4,5)6)13-10-8-7-9-12(13)14(21)22-11-17(18,19)20/h7-10H,11H2,1-6H3/q+1. The van der Waals surface area contributed by atoms with Crippen LogP contribution in [0.15, 0.2) is 29.2 Å². The van der Waals surface area contributed by atoms with Gasteiger partial charge in [0.15, 0.2) is 11.5 Å². The summed E-state index contributed by atoms with van der Waals surface area (Å²) in [6, 6.07) is 6.78. The number of carbonyl (C=O) groups excluding carboxylic acids is 1. The summed E-state index contributed by atoms with van der Waals surface area (Å²) < 4.78 is 41.1. The lowest BCUT2D eigenvalue weighted by Gasteiger charge is -2.32. The Kier molecular flexibility index (Phi) is 5.83. The highest BCUT2D eigenvalue weighted by atomic mass is 32.2. The van der Waals surface area contributed by atoms with Gasteiger partial charge in [-0.1, -0.05) is 12.1 Å². The maximum Gasteiger partial charge on any atom is 0.422 e. The molecule has 0 heterocycles. The Bertz CT molecular complexity index is 540. The van der Waals surface area contributed by atoms with Crippen molar-refractivity contribution in [3.8, 4) is 0 Å². The number of hydrogen-bond donors (Lipinski definition) is 0. The molecule has 0 aromatic heterocycles. The van der Waals surface area contributed by atoms with E-state index in [0.717, 1.165) is 4.90 Å². The quantitative estimate of drug-likeness (QED) is 0.568. The van der Waals surface area contributed by atoms with E-state index in [1.807, 2.05) is 6.07 Å². The average Bonchev–Trinajstić information content (AvgIpc) is 2.32. The lowest BCUT2D eigenvalue weighted by molar-refractivity contribution is -0.161. The zero-order chi connectivity index (χ0) is 18.1. The van der Waals surface area contributed by atoms with Crippen molar-refractivity contribution in [2.45, 2.75) is 62.1 Å². The molecule has 0 aliphatic carbocycles. The van der Waals surface area contributed by atoms with Crippen LogP contribution >= 0.6 is 0 Å². The van der Waals surface area contributed by atoms with Gasteiger partial charge in [-0.2, -0.15) is 13.2 Å². The fourth-order valence-corrected chi connectivity index (χ4v) is 6.36. The van der Waals surface area contributed by atoms with Crippen molar-refractivity contribution in [1.82, 2.24) is 0 Å². The second kappa shape index (κ2) is 6.75. The summed E-state index contributed by atoms with van der Waals surface area (Å²) in [6.45, 7) is 10.8. The second-order valence-corrected chi connectivity index (χ2v) is 10.7. The monoisotopic (exact) mass is 349 g/mol. The molecule has 2 nitrogen and oxygen atoms in total. The number of alkyl halides is 3. The summed E-state index contributed by atoms with van der Waals surface area (Å²) in [6.07, 6.45) is -4.53. The minimum atomic E-state index is -4.53. The van der Waals surface area contributed by atoms with Crippen LogP contribution in [0.4, 0.5) is 13.2 Å². The lowest BCUT2D eigenvalue weighted by Crippen LogP contribution is -2.43. The van der Waals surface area contributed by atoms with E-state index in [2.05, 4.69) is 46.3 Å². The van der Waals surface area contributed by atoms with Crippen LogP contribution in [0, 0.1) is 0 Å². The zero-order valence-electron chi connectivity index (χ0n) is 14.4. The van der Waals surface area contributed by atoms with Gasteiger partial charge in [0.1, 0.15) is 15.1 Å². The molecule has 130 valence electrons. The molecular weight excluding hydrogens is 325 g/mol. The van der Waals surface area contributed by atoms with Crippen molar-refractivity contribution in [1.29, 1.82) is 0 Å². The van der Waals surface area contributed by atoms with Crippen LogP contribution in [0.2, 0.25) is 0 Å². The summed E-state index contributed by atoms with van der Waals surface area (Å²) >= 11 is 0. The van der Waals surface area contributed by atoms with Crippen molar-refractivity contribution in [3.63, 3.8) is 0 Å². The molecular formula is C17H24F3O2S+. The van der Waals surface area contributed by atoms with Crippen LogP contribution in [-0.4, -0.2) is 28.2 Å². The Morgan fingerprint density at radius 2 is 1.48 bits per heavy atom. The van der Waals surface area contributed by atoms with Crippen molar-refractivity contribution in [3.05, 3.63) is 29.8 Å². The van der Waals surface area contributed by atoms with Crippen LogP contribution in [-0.2, 0) is 15.6 Å². The molecule has 0 spiro atoms. The van der Waals surface area contributed by atoms with Crippen LogP contribution in [0.3, 0.4) is 0 Å². The summed E-state index contributed by atoms with van der Waals surface area (Å²) in [5.41, 5.74) is 0.213. The zero-order valence-corrected chi connectivity index (χ0v) is 15.2. The fraction of sp³-hybridized carbons (Fsp3) is 0.588. The van der Waals surface area contributed by atoms with Gasteiger partial charge >= 0.3 is 12.1 Å². The maximum atomic E-state index is 12.3. The molecule has 1 aromatic rings. The van der Waals surface area contributed by atoms with Crippen LogP contribution < -0.4 is 0 Å². The molecule has 0 fully saturated rings. The SMILES string of the molecule is CC(C)(C)[S+](c1ccccc1C(=O)OCC(F)(F)F)C(C)(C)C. The molecule has 0 amide bonds. The average molecular weight is 349 g/mol. The first-order valence-corrected chi connectivity index (χ1v) is 8.53. The maximum absolute atomic E-state index is 12.3. The topological polar surface area (TPSA) is 26.3 Å². The van der Waals surface area contributed by atoms with Gasteiger partial charge in [-0.05, 0) is 53.7 Å². The Hall–Kier alpha value is -1.17. The van der Waals surface area contributed by atoms with Gasteiger partial charge in [-0.15, -0.1) is 0 Å². The van der Waals surface area contributed by atoms with Gasteiger partial charge in [0.2, 0.25) is 0 Å². The molecule has 0 saturated heterocycles. The third-order valence-corrected chi connectivity index (χ3v) is 6.16. The van der Waals surface area contributed by atoms with Gasteiger partial charge in [0.25, 0.3) is 0 Å². The number of carbonyl (C=O) groups is 1. The molecule has 0 aliphatic rings. The molecule has 6 heteroatoms. The van der Waals surface area contributed by atoms with Crippen molar-refractivity contribution in [2.24, 2.45) is 0 Å². The molecule has 0 bridgehead atoms. The highest BCUT2D eigenvalue weighted by Gasteiger charge is 2.48. The minimum absolute atomic E-state index is 0.140. The Balaban J connectivity index is 3.26. The minimum Gasteiger partial charge on any atom is -0.452 e. The van der Waals surface area contributed by atoms with E-state index in [0.29, 0.717) is 0 Å². The predicted molar refractivity (Wildman–Crippen MR) is 87.9 cm³/mol. The number of ether oxygens (including phenoxy) is 1. The highest BCUT2D eigenvalue weighted by molar-refractivity contribution is 7.99. The van der Waals surface area contributed by atoms with Crippen molar-refractivity contribution in [2.75, 3.05) is 6.61 Å². The Morgan fingerprint density at radius 1 is 1.00 bits per heavy atom. The van der Waals surface area contributed by atoms with E-state index in [4.69, 9.17) is 0 Å². The first-order chi connectivity index (χ1) is 10.2. The number of benzene rings is 1. The van der Waals surface area contributed by atoms with E-state index < -0.39 is 18.8 Å². The van der Waals surface area contributed by atoms with Crippen molar-refractivity contribution >= 4 is 16.9 Å². The Labute approximate surface area is 138 Å². The number of esters is 1. The highest BCUT2D eigenvalue weighted by Crippen LogP contribution is 2.39. The molecule has 0 unspecified atom stereocenters. The third kappa shape index (κ3) is 5.75. The summed E-state index contributed by atoms with van der Waals surface area (Å²) in [7, 11) is -0.361. The van der Waals surface area contributed by atoms with E-state index in [1.165, 1.54) is 6.07 Å². The van der Waals surface area contributed by atoms with E-state index in [1.54, 1.807) is 12.1 Å². The molecule has 0 N–H and O–H groups in total. The largest absolute Gasteiger partial charge is 0.452 e. The van der Waals surface area contributed by atoms with Gasteiger partial charge in [-0.3, -0.25) is 0 Å². The van der Waals surface area contributed by atoms with Gasteiger partial charge in [-0.25, -0.2) is 4.79 Å². The van der Waals surface area contributed by atoms with Crippen LogP contribution in [0.25, 0.3) is 0 Å². The molecule has 0 aliphatic heterocycles. The summed E-state index contributed by atoms with van der Waals surface area (Å²) in [5.74, 6) is -0.927. The van der Waals surface area contributed by atoms with Gasteiger partial charge in [0, 0.05) is 10.9 Å². The fourth-order valence-electron chi connectivity index (χ4n) is 2.62. The third-order valence-electron chi connectivity index (χ3n) is 2.92. The van der Waals surface area contributed by atoms with Crippen LogP contribution in [0.1, 0.15) is 51.9 Å². The van der Waals surface area contributed by atoms with E-state index in [9.17, 15) is 18.0 Å². The molecule has 0 radical (unpaired) electrons. The van der Waals surface area contributed by atoms with Crippen molar-refractivity contribution < 1.29 is 22.7 Å². The molecule has 23 heavy (non-hydrogen) atoms. The van der Waals surface area contributed by atoms with Gasteiger partial charge in [0.05, 0.1) is 0 Å². The first kappa shape index (κ1) is 19.9. The van der Waals surface area contributed by atoms with E-state index in [-0.39, 0.29) is 26.0 Å². The smallest absolute Gasteiger partial charge is 0.422 e. The number of rotatable bonds is 3. The number of halogens is 3. The molecule has 1 aromatic carbocycles. The normalized spacial score (nSPS) is 13.3. The molecule has 1 rings (SSSR count).